The molecule has 1 aliphatic rings. The Morgan fingerprint density at radius 3 is 2.52 bits per heavy atom. The second-order valence-corrected chi connectivity index (χ2v) is 6.31. The summed E-state index contributed by atoms with van der Waals surface area (Å²) in [6.45, 7) is 6.98. The molecule has 1 aliphatic heterocycles. The number of anilines is 1. The van der Waals surface area contributed by atoms with Crippen LogP contribution in [0, 0.1) is 11.7 Å². The van der Waals surface area contributed by atoms with Crippen LogP contribution < -0.4 is 5.32 Å². The smallest absolute Gasteiger partial charge is 0.238 e. The molecule has 2 rings (SSSR count). The summed E-state index contributed by atoms with van der Waals surface area (Å²) in [6, 6.07) is 5.84. The van der Waals surface area contributed by atoms with E-state index in [4.69, 9.17) is 0 Å². The normalized spacial score (nSPS) is 15.7. The maximum atomic E-state index is 13.1. The lowest BCUT2D eigenvalue weighted by Crippen LogP contribution is -2.50. The van der Waals surface area contributed by atoms with E-state index in [9.17, 15) is 14.0 Å². The Kier molecular flexibility index (Phi) is 6.10. The molecule has 0 aliphatic carbocycles. The van der Waals surface area contributed by atoms with E-state index in [0.29, 0.717) is 44.2 Å². The number of amides is 2. The van der Waals surface area contributed by atoms with Gasteiger partial charge in [0, 0.05) is 38.3 Å². The van der Waals surface area contributed by atoms with Crippen LogP contribution in [-0.4, -0.2) is 54.3 Å². The van der Waals surface area contributed by atoms with Gasteiger partial charge in [-0.05, 0) is 24.1 Å². The summed E-state index contributed by atoms with van der Waals surface area (Å²) < 4.78 is 13.1. The predicted octanol–water partition coefficient (Wildman–Crippen LogP) is 1.95. The molecule has 1 aromatic carbocycles. The Morgan fingerprint density at radius 2 is 1.91 bits per heavy atom. The summed E-state index contributed by atoms with van der Waals surface area (Å²) in [5.74, 6) is -0.000858. The van der Waals surface area contributed by atoms with Crippen molar-refractivity contribution in [1.82, 2.24) is 9.80 Å². The van der Waals surface area contributed by atoms with Crippen LogP contribution >= 0.6 is 0 Å². The maximum Gasteiger partial charge on any atom is 0.238 e. The number of halogens is 1. The number of benzene rings is 1. The number of rotatable bonds is 5. The number of nitrogens with zero attached hydrogens (tertiary/aromatic N) is 2. The molecule has 5 nitrogen and oxygen atoms in total. The quantitative estimate of drug-likeness (QED) is 0.902. The molecule has 2 amide bonds. The fourth-order valence-electron chi connectivity index (χ4n) is 2.60. The lowest BCUT2D eigenvalue weighted by molar-refractivity contribution is -0.133. The van der Waals surface area contributed by atoms with Crippen molar-refractivity contribution >= 4 is 17.5 Å². The lowest BCUT2D eigenvalue weighted by Gasteiger charge is -2.34. The van der Waals surface area contributed by atoms with Crippen molar-refractivity contribution in [2.24, 2.45) is 5.92 Å². The van der Waals surface area contributed by atoms with Gasteiger partial charge in [0.2, 0.25) is 11.8 Å². The van der Waals surface area contributed by atoms with Gasteiger partial charge in [-0.1, -0.05) is 19.9 Å². The molecule has 0 spiro atoms. The molecule has 1 saturated heterocycles. The van der Waals surface area contributed by atoms with Gasteiger partial charge in [-0.15, -0.1) is 0 Å². The maximum absolute atomic E-state index is 13.1. The SMILES string of the molecule is CC(C)CC(=O)N1CCN(CC(=O)Nc2cccc(F)c2)CC1. The second-order valence-electron chi connectivity index (χ2n) is 6.31. The second kappa shape index (κ2) is 8.06. The van der Waals surface area contributed by atoms with Crippen molar-refractivity contribution in [2.45, 2.75) is 20.3 Å². The summed E-state index contributed by atoms with van der Waals surface area (Å²) in [6.07, 6.45) is 0.570. The molecule has 1 aromatic rings. The average Bonchev–Trinajstić information content (AvgIpc) is 2.47. The third kappa shape index (κ3) is 5.63. The van der Waals surface area contributed by atoms with Crippen molar-refractivity contribution in [3.05, 3.63) is 30.1 Å². The van der Waals surface area contributed by atoms with Gasteiger partial charge in [-0.25, -0.2) is 4.39 Å². The van der Waals surface area contributed by atoms with Crippen LogP contribution in [0.5, 0.6) is 0 Å². The largest absolute Gasteiger partial charge is 0.340 e. The molecule has 0 bridgehead atoms. The number of carbonyl (C=O) groups excluding carboxylic acids is 2. The molecule has 0 atom stereocenters. The number of carbonyl (C=O) groups is 2. The van der Waals surface area contributed by atoms with Crippen molar-refractivity contribution in [2.75, 3.05) is 38.0 Å². The van der Waals surface area contributed by atoms with E-state index < -0.39 is 0 Å². The molecule has 0 saturated carbocycles. The van der Waals surface area contributed by atoms with Gasteiger partial charge in [-0.3, -0.25) is 14.5 Å². The monoisotopic (exact) mass is 321 g/mol. The van der Waals surface area contributed by atoms with Gasteiger partial charge >= 0.3 is 0 Å². The van der Waals surface area contributed by atoms with Gasteiger partial charge < -0.3 is 10.2 Å². The van der Waals surface area contributed by atoms with Crippen LogP contribution in [0.25, 0.3) is 0 Å². The first kappa shape index (κ1) is 17.4. The summed E-state index contributed by atoms with van der Waals surface area (Å²) in [4.78, 5) is 27.9. The van der Waals surface area contributed by atoms with E-state index in [0.717, 1.165) is 0 Å². The molecule has 1 heterocycles. The van der Waals surface area contributed by atoms with Crippen molar-refractivity contribution in [3.63, 3.8) is 0 Å². The zero-order valence-corrected chi connectivity index (χ0v) is 13.7. The van der Waals surface area contributed by atoms with E-state index in [1.165, 1.54) is 12.1 Å². The van der Waals surface area contributed by atoms with E-state index >= 15 is 0 Å². The zero-order chi connectivity index (χ0) is 16.8. The van der Waals surface area contributed by atoms with Gasteiger partial charge in [0.1, 0.15) is 5.82 Å². The molecule has 6 heteroatoms. The number of nitrogens with one attached hydrogen (secondary N) is 1. The van der Waals surface area contributed by atoms with Crippen LogP contribution in [0.4, 0.5) is 10.1 Å². The highest BCUT2D eigenvalue weighted by molar-refractivity contribution is 5.92. The molecular formula is C17H24FN3O2. The minimum Gasteiger partial charge on any atom is -0.340 e. The molecule has 0 aromatic heterocycles. The summed E-state index contributed by atoms with van der Waals surface area (Å²) in [5, 5.41) is 2.69. The Labute approximate surface area is 136 Å². The topological polar surface area (TPSA) is 52.7 Å². The first-order chi connectivity index (χ1) is 10.9. The Bertz CT molecular complexity index is 555. The van der Waals surface area contributed by atoms with Crippen molar-refractivity contribution < 1.29 is 14.0 Å². The summed E-state index contributed by atoms with van der Waals surface area (Å²) >= 11 is 0. The molecule has 0 radical (unpaired) electrons. The fraction of sp³-hybridized carbons (Fsp3) is 0.529. The van der Waals surface area contributed by atoms with Crippen molar-refractivity contribution in [3.8, 4) is 0 Å². The van der Waals surface area contributed by atoms with Crippen LogP contribution in [0.1, 0.15) is 20.3 Å². The van der Waals surface area contributed by atoms with E-state index in [1.807, 2.05) is 23.6 Å². The zero-order valence-electron chi connectivity index (χ0n) is 13.7. The standard InChI is InChI=1S/C17H24FN3O2/c1-13(2)10-17(23)21-8-6-20(7-9-21)12-16(22)19-15-5-3-4-14(18)11-15/h3-5,11,13H,6-10,12H2,1-2H3,(H,19,22). The molecule has 126 valence electrons. The van der Waals surface area contributed by atoms with Crippen molar-refractivity contribution in [1.29, 1.82) is 0 Å². The van der Waals surface area contributed by atoms with Gasteiger partial charge in [0.05, 0.1) is 6.54 Å². The highest BCUT2D eigenvalue weighted by atomic mass is 19.1. The van der Waals surface area contributed by atoms with Gasteiger partial charge in [0.25, 0.3) is 0 Å². The minimum atomic E-state index is -0.375. The highest BCUT2D eigenvalue weighted by Gasteiger charge is 2.22. The van der Waals surface area contributed by atoms with Crippen LogP contribution in [0.3, 0.4) is 0 Å². The molecule has 23 heavy (non-hydrogen) atoms. The predicted molar refractivity (Wildman–Crippen MR) is 87.5 cm³/mol. The van der Waals surface area contributed by atoms with E-state index in [1.54, 1.807) is 12.1 Å². The van der Waals surface area contributed by atoms with E-state index in [2.05, 4.69) is 5.32 Å². The molecule has 1 fully saturated rings. The molecular weight excluding hydrogens is 297 g/mol. The Balaban J connectivity index is 1.75. The van der Waals surface area contributed by atoms with Crippen LogP contribution in [0.15, 0.2) is 24.3 Å². The molecule has 0 unspecified atom stereocenters. The fourth-order valence-corrected chi connectivity index (χ4v) is 2.60. The lowest BCUT2D eigenvalue weighted by atomic mass is 10.1. The third-order valence-corrected chi connectivity index (χ3v) is 3.78. The average molecular weight is 321 g/mol. The third-order valence-electron chi connectivity index (χ3n) is 3.78. The number of hydrogen-bond acceptors (Lipinski definition) is 3. The Hall–Kier alpha value is -1.95. The summed E-state index contributed by atoms with van der Waals surface area (Å²) in [5.41, 5.74) is 0.459. The van der Waals surface area contributed by atoms with Crippen LogP contribution in [-0.2, 0) is 9.59 Å². The first-order valence-electron chi connectivity index (χ1n) is 7.99. The van der Waals surface area contributed by atoms with Gasteiger partial charge in [-0.2, -0.15) is 0 Å². The number of hydrogen-bond donors (Lipinski definition) is 1. The van der Waals surface area contributed by atoms with E-state index in [-0.39, 0.29) is 24.2 Å². The highest BCUT2D eigenvalue weighted by Crippen LogP contribution is 2.10. The van der Waals surface area contributed by atoms with Crippen LogP contribution in [0.2, 0.25) is 0 Å². The number of piperazine rings is 1. The Morgan fingerprint density at radius 1 is 1.22 bits per heavy atom. The summed E-state index contributed by atoms with van der Waals surface area (Å²) in [7, 11) is 0. The first-order valence-corrected chi connectivity index (χ1v) is 7.99. The molecule has 1 N–H and O–H groups in total. The minimum absolute atomic E-state index is 0.169. The van der Waals surface area contributed by atoms with Gasteiger partial charge in [0.15, 0.2) is 0 Å².